The van der Waals surface area contributed by atoms with Gasteiger partial charge in [-0.1, -0.05) is 12.1 Å². The molecule has 2 atom stereocenters. The summed E-state index contributed by atoms with van der Waals surface area (Å²) in [5.41, 5.74) is 1.50. The van der Waals surface area contributed by atoms with Gasteiger partial charge in [-0.05, 0) is 31.5 Å². The van der Waals surface area contributed by atoms with Crippen LogP contribution in [0.15, 0.2) is 24.3 Å². The first-order chi connectivity index (χ1) is 11.5. The lowest BCUT2D eigenvalue weighted by atomic mass is 10.0. The summed E-state index contributed by atoms with van der Waals surface area (Å²) >= 11 is 0. The van der Waals surface area contributed by atoms with Crippen LogP contribution in [0.5, 0.6) is 0 Å². The molecule has 1 aromatic carbocycles. The van der Waals surface area contributed by atoms with Gasteiger partial charge in [0.15, 0.2) is 0 Å². The molecule has 0 aromatic heterocycles. The maximum atomic E-state index is 12.7. The Balaban J connectivity index is 1.69. The van der Waals surface area contributed by atoms with Crippen LogP contribution < -0.4 is 5.32 Å². The molecule has 2 aliphatic rings. The van der Waals surface area contributed by atoms with E-state index in [0.29, 0.717) is 24.9 Å². The maximum absolute atomic E-state index is 12.7. The van der Waals surface area contributed by atoms with E-state index in [1.807, 2.05) is 24.0 Å². The van der Waals surface area contributed by atoms with E-state index in [0.717, 1.165) is 12.1 Å². The summed E-state index contributed by atoms with van der Waals surface area (Å²) in [4.78, 5) is 39.2. The van der Waals surface area contributed by atoms with E-state index in [4.69, 9.17) is 0 Å². The summed E-state index contributed by atoms with van der Waals surface area (Å²) < 4.78 is 0. The number of hydrogen-bond acceptors (Lipinski definition) is 4. The summed E-state index contributed by atoms with van der Waals surface area (Å²) in [6, 6.07) is 7.62. The molecule has 2 fully saturated rings. The zero-order valence-electron chi connectivity index (χ0n) is 14.1. The molecule has 6 heteroatoms. The summed E-state index contributed by atoms with van der Waals surface area (Å²) in [7, 11) is 0. The molecule has 0 saturated carbocycles. The van der Waals surface area contributed by atoms with Gasteiger partial charge in [0.05, 0.1) is 6.54 Å². The van der Waals surface area contributed by atoms with Crippen LogP contribution in [0.1, 0.15) is 42.6 Å². The summed E-state index contributed by atoms with van der Waals surface area (Å²) in [5, 5.41) is 3.36. The standard InChI is InChI=1S/C18H23N3O3/c1-12-13(2)20(10-9-19-12)18(24)15-5-3-14(4-6-15)11-21-16(22)7-8-17(21)23/h3-6,12-13,19H,7-11H2,1-2H3. The number of piperazine rings is 1. The number of carbonyl (C=O) groups is 3. The third-order valence-corrected chi connectivity index (χ3v) is 4.99. The van der Waals surface area contributed by atoms with Gasteiger partial charge in [0.2, 0.25) is 11.8 Å². The Kier molecular flexibility index (Phi) is 4.66. The normalized spacial score (nSPS) is 24.6. The fourth-order valence-corrected chi connectivity index (χ4v) is 3.24. The minimum atomic E-state index is -0.121. The van der Waals surface area contributed by atoms with Crippen LogP contribution in [0.4, 0.5) is 0 Å². The molecule has 2 saturated heterocycles. The molecule has 1 aromatic rings. The number of carbonyl (C=O) groups excluding carboxylic acids is 3. The average molecular weight is 329 g/mol. The van der Waals surface area contributed by atoms with Crippen LogP contribution in [-0.2, 0) is 16.1 Å². The Bertz CT molecular complexity index is 640. The molecule has 3 amide bonds. The van der Waals surface area contributed by atoms with Crippen molar-refractivity contribution in [1.82, 2.24) is 15.1 Å². The molecule has 0 bridgehead atoms. The lowest BCUT2D eigenvalue weighted by molar-refractivity contribution is -0.139. The lowest BCUT2D eigenvalue weighted by Gasteiger charge is -2.38. The molecule has 0 radical (unpaired) electrons. The average Bonchev–Trinajstić information content (AvgIpc) is 2.89. The van der Waals surface area contributed by atoms with E-state index < -0.39 is 0 Å². The highest BCUT2D eigenvalue weighted by Gasteiger charge is 2.30. The summed E-state index contributed by atoms with van der Waals surface area (Å²) in [5.74, 6) is -0.219. The van der Waals surface area contributed by atoms with Crippen molar-refractivity contribution in [2.75, 3.05) is 13.1 Å². The SMILES string of the molecule is CC1NCCN(C(=O)c2ccc(CN3C(=O)CCC3=O)cc2)C1C. The molecular formula is C18H23N3O3. The van der Waals surface area contributed by atoms with E-state index in [1.165, 1.54) is 4.90 Å². The van der Waals surface area contributed by atoms with Crippen molar-refractivity contribution in [1.29, 1.82) is 0 Å². The Morgan fingerprint density at radius 3 is 2.38 bits per heavy atom. The van der Waals surface area contributed by atoms with Crippen LogP contribution in [-0.4, -0.2) is 52.7 Å². The van der Waals surface area contributed by atoms with Gasteiger partial charge in [-0.2, -0.15) is 0 Å². The first-order valence-corrected chi connectivity index (χ1v) is 8.44. The molecule has 24 heavy (non-hydrogen) atoms. The topological polar surface area (TPSA) is 69.7 Å². The number of benzene rings is 1. The van der Waals surface area contributed by atoms with Gasteiger partial charge in [-0.15, -0.1) is 0 Å². The number of nitrogens with one attached hydrogen (secondary N) is 1. The Hall–Kier alpha value is -2.21. The monoisotopic (exact) mass is 329 g/mol. The number of imide groups is 1. The van der Waals surface area contributed by atoms with Gasteiger partial charge in [-0.3, -0.25) is 19.3 Å². The second-order valence-corrected chi connectivity index (χ2v) is 6.55. The van der Waals surface area contributed by atoms with E-state index in [9.17, 15) is 14.4 Å². The number of hydrogen-bond donors (Lipinski definition) is 1. The Labute approximate surface area is 141 Å². The number of likely N-dealkylation sites (tertiary alicyclic amines) is 1. The Morgan fingerprint density at radius 1 is 1.12 bits per heavy atom. The highest BCUT2D eigenvalue weighted by Crippen LogP contribution is 2.18. The molecule has 0 aliphatic carbocycles. The fraction of sp³-hybridized carbons (Fsp3) is 0.500. The van der Waals surface area contributed by atoms with Crippen LogP contribution in [0.3, 0.4) is 0 Å². The first-order valence-electron chi connectivity index (χ1n) is 8.44. The van der Waals surface area contributed by atoms with E-state index >= 15 is 0 Å². The molecule has 1 N–H and O–H groups in total. The van der Waals surface area contributed by atoms with Gasteiger partial charge in [0.1, 0.15) is 0 Å². The molecule has 2 heterocycles. The van der Waals surface area contributed by atoms with Crippen molar-refractivity contribution < 1.29 is 14.4 Å². The minimum Gasteiger partial charge on any atom is -0.333 e. The molecule has 3 rings (SSSR count). The summed E-state index contributed by atoms with van der Waals surface area (Å²) in [6.07, 6.45) is 0.600. The van der Waals surface area contributed by atoms with Crippen LogP contribution in [0.2, 0.25) is 0 Å². The molecular weight excluding hydrogens is 306 g/mol. The molecule has 6 nitrogen and oxygen atoms in total. The Morgan fingerprint density at radius 2 is 1.75 bits per heavy atom. The lowest BCUT2D eigenvalue weighted by Crippen LogP contribution is -2.57. The zero-order valence-corrected chi connectivity index (χ0v) is 14.1. The van der Waals surface area contributed by atoms with Gasteiger partial charge < -0.3 is 10.2 Å². The van der Waals surface area contributed by atoms with Gasteiger partial charge in [0, 0.05) is 43.6 Å². The molecule has 128 valence electrons. The van der Waals surface area contributed by atoms with E-state index in [2.05, 4.69) is 12.2 Å². The highest BCUT2D eigenvalue weighted by atomic mass is 16.2. The van der Waals surface area contributed by atoms with E-state index in [1.54, 1.807) is 12.1 Å². The quantitative estimate of drug-likeness (QED) is 0.845. The third-order valence-electron chi connectivity index (χ3n) is 4.99. The number of rotatable bonds is 3. The maximum Gasteiger partial charge on any atom is 0.254 e. The van der Waals surface area contributed by atoms with Gasteiger partial charge in [0.25, 0.3) is 5.91 Å². The van der Waals surface area contributed by atoms with Crippen molar-refractivity contribution in [3.05, 3.63) is 35.4 Å². The van der Waals surface area contributed by atoms with Crippen molar-refractivity contribution in [2.24, 2.45) is 0 Å². The largest absolute Gasteiger partial charge is 0.333 e. The first kappa shape index (κ1) is 16.6. The van der Waals surface area contributed by atoms with Crippen molar-refractivity contribution in [2.45, 2.75) is 45.3 Å². The second kappa shape index (κ2) is 6.73. The third kappa shape index (κ3) is 3.19. The van der Waals surface area contributed by atoms with Crippen LogP contribution >= 0.6 is 0 Å². The van der Waals surface area contributed by atoms with Crippen LogP contribution in [0, 0.1) is 0 Å². The van der Waals surface area contributed by atoms with Gasteiger partial charge in [-0.25, -0.2) is 0 Å². The predicted molar refractivity (Wildman–Crippen MR) is 89.2 cm³/mol. The van der Waals surface area contributed by atoms with Crippen molar-refractivity contribution in [3.8, 4) is 0 Å². The molecule has 0 spiro atoms. The van der Waals surface area contributed by atoms with Crippen molar-refractivity contribution >= 4 is 17.7 Å². The highest BCUT2D eigenvalue weighted by molar-refractivity contribution is 6.01. The van der Waals surface area contributed by atoms with Crippen molar-refractivity contribution in [3.63, 3.8) is 0 Å². The second-order valence-electron chi connectivity index (χ2n) is 6.55. The number of nitrogens with zero attached hydrogens (tertiary/aromatic N) is 2. The fourth-order valence-electron chi connectivity index (χ4n) is 3.24. The summed E-state index contributed by atoms with van der Waals surface area (Å²) in [6.45, 7) is 5.91. The predicted octanol–water partition coefficient (Wildman–Crippen LogP) is 1.16. The molecule has 2 aliphatic heterocycles. The number of amides is 3. The van der Waals surface area contributed by atoms with Crippen LogP contribution in [0.25, 0.3) is 0 Å². The van der Waals surface area contributed by atoms with Gasteiger partial charge >= 0.3 is 0 Å². The zero-order chi connectivity index (χ0) is 17.3. The minimum absolute atomic E-state index is 0.0238. The smallest absolute Gasteiger partial charge is 0.254 e. The van der Waals surface area contributed by atoms with E-state index in [-0.39, 0.29) is 36.3 Å². The molecule has 2 unspecified atom stereocenters.